The number of carboxylic acid groups (broad SMARTS) is 1. The van der Waals surface area contributed by atoms with Gasteiger partial charge >= 0.3 is 6.09 Å². The molecular weight excluding hydrogens is 422 g/mol. The zero-order valence-corrected chi connectivity index (χ0v) is 18.0. The van der Waals surface area contributed by atoms with Crippen molar-refractivity contribution in [3.05, 3.63) is 29.3 Å². The lowest BCUT2D eigenvalue weighted by Crippen LogP contribution is -2.62. The van der Waals surface area contributed by atoms with Crippen molar-refractivity contribution in [2.75, 3.05) is 44.7 Å². The number of anilines is 1. The summed E-state index contributed by atoms with van der Waals surface area (Å²) >= 11 is 0. The van der Waals surface area contributed by atoms with Crippen LogP contribution in [0, 0.1) is 17.6 Å². The van der Waals surface area contributed by atoms with Crippen molar-refractivity contribution in [2.24, 2.45) is 5.92 Å². The number of amides is 3. The molecule has 0 saturated carbocycles. The molecule has 1 aromatic rings. The first-order valence-corrected chi connectivity index (χ1v) is 11.0. The smallest absolute Gasteiger partial charge is 0.407 e. The van der Waals surface area contributed by atoms with E-state index in [1.54, 1.807) is 4.90 Å². The van der Waals surface area contributed by atoms with Crippen LogP contribution in [-0.4, -0.2) is 78.6 Å². The molecule has 3 amide bonds. The summed E-state index contributed by atoms with van der Waals surface area (Å²) in [5.74, 6) is -3.53. The third-order valence-corrected chi connectivity index (χ3v) is 6.86. The largest absolute Gasteiger partial charge is 0.465 e. The molecule has 1 unspecified atom stereocenters. The molecule has 0 spiro atoms. The number of nitrogens with one attached hydrogen (secondary N) is 1. The van der Waals surface area contributed by atoms with Gasteiger partial charge in [-0.1, -0.05) is 0 Å². The molecule has 2 N–H and O–H groups in total. The summed E-state index contributed by atoms with van der Waals surface area (Å²) in [6, 6.07) is 2.13. The van der Waals surface area contributed by atoms with E-state index in [0.717, 1.165) is 25.9 Å². The van der Waals surface area contributed by atoms with Crippen LogP contribution >= 0.6 is 0 Å². The standard InChI is InChI=1S/C22H28F2N4O4/c1-26-6-4-13(5-7-26)10-28(22(31)32)15-11-27(12-15)14-8-17(23)20(18(24)9-14)16-2-3-19(29)25-21(16)30/h8-9,13,15-16H,2-7,10-12H2,1H3,(H,31,32)(H,25,29,30). The molecule has 3 aliphatic heterocycles. The molecule has 3 fully saturated rings. The topological polar surface area (TPSA) is 93.2 Å². The average molecular weight is 450 g/mol. The van der Waals surface area contributed by atoms with Gasteiger partial charge in [0, 0.05) is 37.3 Å². The molecule has 4 rings (SSSR count). The molecule has 3 heterocycles. The highest BCUT2D eigenvalue weighted by atomic mass is 19.1. The molecule has 8 nitrogen and oxygen atoms in total. The Hall–Kier alpha value is -2.75. The molecular formula is C22H28F2N4O4. The van der Waals surface area contributed by atoms with Crippen LogP contribution in [0.25, 0.3) is 0 Å². The van der Waals surface area contributed by atoms with Gasteiger partial charge < -0.3 is 19.8 Å². The van der Waals surface area contributed by atoms with Crippen LogP contribution in [0.5, 0.6) is 0 Å². The number of benzene rings is 1. The number of hydrogen-bond acceptors (Lipinski definition) is 5. The number of nitrogens with zero attached hydrogens (tertiary/aromatic N) is 3. The van der Waals surface area contributed by atoms with Gasteiger partial charge in [0.15, 0.2) is 0 Å². The van der Waals surface area contributed by atoms with E-state index in [0.29, 0.717) is 31.2 Å². The molecule has 1 atom stereocenters. The highest BCUT2D eigenvalue weighted by molar-refractivity contribution is 6.01. The van der Waals surface area contributed by atoms with Gasteiger partial charge in [0.05, 0.1) is 12.0 Å². The van der Waals surface area contributed by atoms with Gasteiger partial charge in [0.2, 0.25) is 11.8 Å². The van der Waals surface area contributed by atoms with Gasteiger partial charge in [-0.05, 0) is 57.5 Å². The molecule has 0 radical (unpaired) electrons. The minimum Gasteiger partial charge on any atom is -0.465 e. The summed E-state index contributed by atoms with van der Waals surface area (Å²) in [5, 5.41) is 11.8. The molecule has 0 aliphatic carbocycles. The molecule has 0 aromatic heterocycles. The van der Waals surface area contributed by atoms with Crippen molar-refractivity contribution in [3.63, 3.8) is 0 Å². The first-order chi connectivity index (χ1) is 15.2. The Bertz CT molecular complexity index is 890. The summed E-state index contributed by atoms with van der Waals surface area (Å²) in [6.07, 6.45) is 1.03. The van der Waals surface area contributed by atoms with Crippen molar-refractivity contribution in [3.8, 4) is 0 Å². The summed E-state index contributed by atoms with van der Waals surface area (Å²) in [6.45, 7) is 3.09. The number of carbonyl (C=O) groups is 3. The average Bonchev–Trinajstić information content (AvgIpc) is 2.68. The SMILES string of the molecule is CN1CCC(CN(C(=O)O)C2CN(c3cc(F)c(C4CCC(=O)NC4=O)c(F)c3)C2)CC1. The number of hydrogen-bond donors (Lipinski definition) is 2. The molecule has 0 bridgehead atoms. The monoisotopic (exact) mass is 450 g/mol. The number of rotatable bonds is 5. The minimum absolute atomic E-state index is 0.0349. The summed E-state index contributed by atoms with van der Waals surface area (Å²) < 4.78 is 29.5. The van der Waals surface area contributed by atoms with E-state index >= 15 is 0 Å². The second-order valence-electron chi connectivity index (χ2n) is 9.07. The van der Waals surface area contributed by atoms with Crippen LogP contribution in [0.2, 0.25) is 0 Å². The van der Waals surface area contributed by atoms with Crippen LogP contribution in [0.3, 0.4) is 0 Å². The Morgan fingerprint density at radius 3 is 2.34 bits per heavy atom. The molecule has 1 aromatic carbocycles. The predicted molar refractivity (Wildman–Crippen MR) is 112 cm³/mol. The number of piperidine rings is 2. The number of carbonyl (C=O) groups excluding carboxylic acids is 2. The number of likely N-dealkylation sites (tertiary alicyclic amines) is 1. The fourth-order valence-corrected chi connectivity index (χ4v) is 4.82. The number of halogens is 2. The zero-order chi connectivity index (χ0) is 23.0. The lowest BCUT2D eigenvalue weighted by molar-refractivity contribution is -0.134. The highest BCUT2D eigenvalue weighted by Gasteiger charge is 2.38. The Balaban J connectivity index is 1.41. The van der Waals surface area contributed by atoms with E-state index in [2.05, 4.69) is 17.3 Å². The van der Waals surface area contributed by atoms with E-state index in [4.69, 9.17) is 0 Å². The van der Waals surface area contributed by atoms with E-state index in [1.807, 2.05) is 0 Å². The lowest BCUT2D eigenvalue weighted by Gasteiger charge is -2.47. The van der Waals surface area contributed by atoms with Crippen molar-refractivity contribution < 1.29 is 28.3 Å². The van der Waals surface area contributed by atoms with Gasteiger partial charge in [-0.3, -0.25) is 14.9 Å². The second-order valence-corrected chi connectivity index (χ2v) is 9.07. The Kier molecular flexibility index (Phi) is 6.32. The van der Waals surface area contributed by atoms with Crippen LogP contribution in [-0.2, 0) is 9.59 Å². The second kappa shape index (κ2) is 9.01. The zero-order valence-electron chi connectivity index (χ0n) is 18.0. The van der Waals surface area contributed by atoms with E-state index < -0.39 is 35.5 Å². The van der Waals surface area contributed by atoms with Crippen LogP contribution in [0.1, 0.15) is 37.2 Å². The van der Waals surface area contributed by atoms with Crippen molar-refractivity contribution in [2.45, 2.75) is 37.6 Å². The molecule has 3 saturated heterocycles. The summed E-state index contributed by atoms with van der Waals surface area (Å²) in [7, 11) is 2.05. The van der Waals surface area contributed by atoms with Crippen molar-refractivity contribution in [1.29, 1.82) is 0 Å². The van der Waals surface area contributed by atoms with E-state index in [-0.39, 0.29) is 24.4 Å². The fraction of sp³-hybridized carbons (Fsp3) is 0.591. The minimum atomic E-state index is -1.04. The van der Waals surface area contributed by atoms with Gasteiger partial charge in [-0.25, -0.2) is 13.6 Å². The maximum absolute atomic E-state index is 14.8. The lowest BCUT2D eigenvalue weighted by atomic mass is 9.89. The van der Waals surface area contributed by atoms with Crippen molar-refractivity contribution in [1.82, 2.24) is 15.1 Å². The maximum atomic E-state index is 14.8. The first kappa shape index (κ1) is 22.4. The summed E-state index contributed by atoms with van der Waals surface area (Å²) in [4.78, 5) is 40.6. The van der Waals surface area contributed by atoms with Gasteiger partial charge in [0.25, 0.3) is 0 Å². The fourth-order valence-electron chi connectivity index (χ4n) is 4.82. The van der Waals surface area contributed by atoms with E-state index in [9.17, 15) is 28.3 Å². The van der Waals surface area contributed by atoms with Crippen LogP contribution in [0.15, 0.2) is 12.1 Å². The van der Waals surface area contributed by atoms with Gasteiger partial charge in [-0.15, -0.1) is 0 Å². The number of imide groups is 1. The third kappa shape index (κ3) is 4.55. The molecule has 10 heteroatoms. The normalized spacial score (nSPS) is 23.1. The molecule has 174 valence electrons. The predicted octanol–water partition coefficient (Wildman–Crippen LogP) is 2.00. The Morgan fingerprint density at radius 2 is 1.78 bits per heavy atom. The summed E-state index contributed by atoms with van der Waals surface area (Å²) in [5.41, 5.74) is -0.0119. The third-order valence-electron chi connectivity index (χ3n) is 6.86. The highest BCUT2D eigenvalue weighted by Crippen LogP contribution is 2.34. The van der Waals surface area contributed by atoms with Gasteiger partial charge in [-0.2, -0.15) is 0 Å². The van der Waals surface area contributed by atoms with Crippen LogP contribution in [0.4, 0.5) is 19.3 Å². The maximum Gasteiger partial charge on any atom is 0.407 e. The molecule has 32 heavy (non-hydrogen) atoms. The van der Waals surface area contributed by atoms with Crippen LogP contribution < -0.4 is 10.2 Å². The Labute approximate surface area is 185 Å². The van der Waals surface area contributed by atoms with Crippen molar-refractivity contribution >= 4 is 23.6 Å². The Morgan fingerprint density at radius 1 is 1.16 bits per heavy atom. The quantitative estimate of drug-likeness (QED) is 0.667. The molecule has 3 aliphatic rings. The first-order valence-electron chi connectivity index (χ1n) is 11.0. The van der Waals surface area contributed by atoms with Gasteiger partial charge in [0.1, 0.15) is 11.6 Å². The van der Waals surface area contributed by atoms with E-state index in [1.165, 1.54) is 17.0 Å².